The molecule has 0 unspecified atom stereocenters. The van der Waals surface area contributed by atoms with E-state index in [1.165, 1.54) is 42.7 Å². The molecule has 0 aliphatic heterocycles. The van der Waals surface area contributed by atoms with Crippen molar-refractivity contribution in [1.82, 2.24) is 19.9 Å². The van der Waals surface area contributed by atoms with E-state index >= 15 is 0 Å². The van der Waals surface area contributed by atoms with Crippen LogP contribution in [-0.4, -0.2) is 26.5 Å². The lowest BCUT2D eigenvalue weighted by Gasteiger charge is -2.11. The van der Waals surface area contributed by atoms with Crippen LogP contribution in [0, 0.1) is 11.6 Å². The van der Waals surface area contributed by atoms with E-state index in [4.69, 9.17) is 4.74 Å². The summed E-state index contributed by atoms with van der Waals surface area (Å²) in [6, 6.07) is 10.2. The Morgan fingerprint density at radius 1 is 1.05 bits per heavy atom. The minimum atomic E-state index is -0.834. The number of nitrogens with zero attached hydrogens (tertiary/aromatic N) is 3. The number of hydrogen-bond donors (Lipinski definition) is 2. The van der Waals surface area contributed by atoms with Crippen LogP contribution in [0.1, 0.15) is 17.5 Å². The molecular formula is C28H21F2N5O3. The van der Waals surface area contributed by atoms with Gasteiger partial charge in [-0.05, 0) is 47.9 Å². The second-order valence-corrected chi connectivity index (χ2v) is 8.33. The first-order chi connectivity index (χ1) is 18.5. The highest BCUT2D eigenvalue weighted by Gasteiger charge is 2.17. The fraction of sp³-hybridized carbons (Fsp3) is 0.0714. The predicted octanol–water partition coefficient (Wildman–Crippen LogP) is 5.59. The van der Waals surface area contributed by atoms with E-state index in [0.717, 1.165) is 23.6 Å². The fourth-order valence-electron chi connectivity index (χ4n) is 3.88. The maximum Gasteiger partial charge on any atom is 0.325 e. The van der Waals surface area contributed by atoms with Crippen LogP contribution >= 0.6 is 0 Å². The summed E-state index contributed by atoms with van der Waals surface area (Å²) in [5.74, 6) is -1.72. The van der Waals surface area contributed by atoms with Gasteiger partial charge in [-0.25, -0.2) is 18.1 Å². The molecule has 2 N–H and O–H groups in total. The largest absolute Gasteiger partial charge is 0.434 e. The van der Waals surface area contributed by atoms with Gasteiger partial charge in [-0.2, -0.15) is 10.1 Å². The molecule has 3 amide bonds. The number of hydrogen-bond acceptors (Lipinski definition) is 5. The van der Waals surface area contributed by atoms with Gasteiger partial charge in [0.1, 0.15) is 17.7 Å². The number of rotatable bonds is 6. The Kier molecular flexibility index (Phi) is 7.03. The number of fused-ring (bicyclic) bond motifs is 1. The smallest absolute Gasteiger partial charge is 0.325 e. The van der Waals surface area contributed by atoms with E-state index in [1.54, 1.807) is 10.7 Å². The zero-order chi connectivity index (χ0) is 26.5. The number of anilines is 1. The predicted molar refractivity (Wildman–Crippen MR) is 138 cm³/mol. The molecule has 1 aliphatic rings. The number of allylic oxidation sites excluding steroid dienone is 6. The van der Waals surface area contributed by atoms with Crippen LogP contribution in [0.15, 0.2) is 91.4 Å². The van der Waals surface area contributed by atoms with Crippen LogP contribution in [0.3, 0.4) is 0 Å². The number of amides is 3. The lowest BCUT2D eigenvalue weighted by atomic mass is 10.1. The van der Waals surface area contributed by atoms with E-state index in [-0.39, 0.29) is 23.7 Å². The van der Waals surface area contributed by atoms with Crippen LogP contribution in [0.2, 0.25) is 0 Å². The molecule has 2 heterocycles. The fourth-order valence-corrected chi connectivity index (χ4v) is 3.88. The Morgan fingerprint density at radius 2 is 1.89 bits per heavy atom. The van der Waals surface area contributed by atoms with Gasteiger partial charge in [0, 0.05) is 23.5 Å². The normalized spacial score (nSPS) is 12.6. The molecule has 2 aromatic heterocycles. The number of carbonyl (C=O) groups excluding carboxylic acids is 2. The van der Waals surface area contributed by atoms with Crippen LogP contribution in [-0.2, 0) is 11.2 Å². The first-order valence-corrected chi connectivity index (χ1v) is 11.6. The first-order valence-electron chi connectivity index (χ1n) is 11.6. The number of ether oxygens (including phenoxy) is 1. The summed E-state index contributed by atoms with van der Waals surface area (Å²) < 4.78 is 35.3. The Labute approximate surface area is 216 Å². The summed E-state index contributed by atoms with van der Waals surface area (Å²) in [5, 5.41) is 8.77. The third kappa shape index (κ3) is 5.65. The number of nitrogens with one attached hydrogen (secondary N) is 2. The van der Waals surface area contributed by atoms with Gasteiger partial charge in [-0.3, -0.25) is 10.1 Å². The molecule has 0 radical (unpaired) electrons. The molecular weight excluding hydrogens is 492 g/mol. The van der Waals surface area contributed by atoms with Crippen molar-refractivity contribution in [2.75, 3.05) is 5.32 Å². The highest BCUT2D eigenvalue weighted by molar-refractivity contribution is 6.01. The molecule has 0 saturated carbocycles. The molecule has 0 atom stereocenters. The minimum absolute atomic E-state index is 0.110. The van der Waals surface area contributed by atoms with Crippen molar-refractivity contribution in [2.24, 2.45) is 0 Å². The summed E-state index contributed by atoms with van der Waals surface area (Å²) in [5.41, 5.74) is 2.97. The van der Waals surface area contributed by atoms with Gasteiger partial charge in [0.05, 0.1) is 6.42 Å². The van der Waals surface area contributed by atoms with Crippen LogP contribution < -0.4 is 15.4 Å². The van der Waals surface area contributed by atoms with Crippen LogP contribution in [0.4, 0.5) is 19.3 Å². The van der Waals surface area contributed by atoms with E-state index in [9.17, 15) is 18.4 Å². The second kappa shape index (κ2) is 10.9. The van der Waals surface area contributed by atoms with E-state index < -0.39 is 23.6 Å². The average Bonchev–Trinajstić information content (AvgIpc) is 3.14. The Balaban J connectivity index is 1.28. The molecule has 0 saturated heterocycles. The number of halogens is 2. The summed E-state index contributed by atoms with van der Waals surface area (Å²) >= 11 is 0. The standard InChI is InChI=1S/C28H21F2N5O3/c29-20-9-7-18(8-10-20)15-25(36)34-28(37)33-21-11-12-24(23(30)16-21)38-27-26-22(13-14-35(26)32-17-31-27)19-5-3-1-2-4-6-19/h1,3-14,16-17H,2,15H2,(H2,33,34,36,37). The Morgan fingerprint density at radius 3 is 2.71 bits per heavy atom. The van der Waals surface area contributed by atoms with E-state index in [2.05, 4.69) is 20.7 Å². The van der Waals surface area contributed by atoms with E-state index in [0.29, 0.717) is 11.1 Å². The van der Waals surface area contributed by atoms with Gasteiger partial charge in [-0.1, -0.05) is 42.5 Å². The SMILES string of the molecule is O=C(Cc1ccc(F)cc1)NC(=O)Nc1ccc(Oc2ncnn3ccc(C4=CC=CCC=C4)c23)c(F)c1. The van der Waals surface area contributed by atoms with Gasteiger partial charge in [0.2, 0.25) is 11.8 Å². The maximum absolute atomic E-state index is 14.9. The molecule has 38 heavy (non-hydrogen) atoms. The van der Waals surface area contributed by atoms with E-state index in [1.807, 2.05) is 36.4 Å². The third-order valence-corrected chi connectivity index (χ3v) is 5.64. The van der Waals surface area contributed by atoms with Crippen molar-refractivity contribution in [2.45, 2.75) is 12.8 Å². The highest BCUT2D eigenvalue weighted by Crippen LogP contribution is 2.33. The summed E-state index contributed by atoms with van der Waals surface area (Å²) in [6.07, 6.45) is 13.7. The minimum Gasteiger partial charge on any atom is -0.434 e. The number of imide groups is 1. The Hall–Kier alpha value is -5.12. The lowest BCUT2D eigenvalue weighted by Crippen LogP contribution is -2.35. The zero-order valence-corrected chi connectivity index (χ0v) is 19.9. The maximum atomic E-state index is 14.9. The number of benzene rings is 2. The third-order valence-electron chi connectivity index (χ3n) is 5.64. The van der Waals surface area contributed by atoms with Crippen LogP contribution in [0.5, 0.6) is 11.6 Å². The summed E-state index contributed by atoms with van der Waals surface area (Å²) in [6.45, 7) is 0. The molecule has 0 bridgehead atoms. The second-order valence-electron chi connectivity index (χ2n) is 8.33. The van der Waals surface area contributed by atoms with Gasteiger partial charge in [0.25, 0.3) is 0 Å². The van der Waals surface area contributed by atoms with Gasteiger partial charge in [-0.15, -0.1) is 0 Å². The highest BCUT2D eigenvalue weighted by atomic mass is 19.1. The molecule has 10 heteroatoms. The lowest BCUT2D eigenvalue weighted by molar-refractivity contribution is -0.119. The Bertz CT molecular complexity index is 1610. The van der Waals surface area contributed by atoms with Crippen molar-refractivity contribution in [3.05, 3.63) is 114 Å². The molecule has 1 aliphatic carbocycles. The van der Waals surface area contributed by atoms with Crippen molar-refractivity contribution in [3.63, 3.8) is 0 Å². The topological polar surface area (TPSA) is 97.6 Å². The molecule has 0 fully saturated rings. The van der Waals surface area contributed by atoms with Crippen molar-refractivity contribution in [3.8, 4) is 11.6 Å². The molecule has 0 spiro atoms. The molecule has 2 aromatic carbocycles. The van der Waals surface area contributed by atoms with Gasteiger partial charge >= 0.3 is 6.03 Å². The van der Waals surface area contributed by atoms with Crippen molar-refractivity contribution >= 4 is 28.7 Å². The van der Waals surface area contributed by atoms with Crippen LogP contribution in [0.25, 0.3) is 11.1 Å². The molecule has 8 nitrogen and oxygen atoms in total. The van der Waals surface area contributed by atoms with Crippen molar-refractivity contribution < 1.29 is 23.1 Å². The van der Waals surface area contributed by atoms with Gasteiger partial charge in [0.15, 0.2) is 11.6 Å². The monoisotopic (exact) mass is 513 g/mol. The van der Waals surface area contributed by atoms with Crippen molar-refractivity contribution in [1.29, 1.82) is 0 Å². The summed E-state index contributed by atoms with van der Waals surface area (Å²) in [4.78, 5) is 28.5. The molecule has 5 rings (SSSR count). The summed E-state index contributed by atoms with van der Waals surface area (Å²) in [7, 11) is 0. The quantitative estimate of drug-likeness (QED) is 0.350. The number of carbonyl (C=O) groups is 2. The van der Waals surface area contributed by atoms with Gasteiger partial charge < -0.3 is 10.1 Å². The molecule has 190 valence electrons. The number of aromatic nitrogens is 3. The molecule has 4 aromatic rings. The zero-order valence-electron chi connectivity index (χ0n) is 19.9. The first kappa shape index (κ1) is 24.6. The number of urea groups is 1. The average molecular weight is 514 g/mol.